The summed E-state index contributed by atoms with van der Waals surface area (Å²) in [6.07, 6.45) is 1.62. The van der Waals surface area contributed by atoms with E-state index in [2.05, 4.69) is 26.4 Å². The van der Waals surface area contributed by atoms with E-state index in [9.17, 15) is 24.5 Å². The highest BCUT2D eigenvalue weighted by Crippen LogP contribution is 2.20. The molecule has 12 nitrogen and oxygen atoms in total. The van der Waals surface area contributed by atoms with Crippen molar-refractivity contribution in [2.24, 2.45) is 7.05 Å². The van der Waals surface area contributed by atoms with E-state index >= 15 is 0 Å². The summed E-state index contributed by atoms with van der Waals surface area (Å²) in [6.45, 7) is 1.13. The zero-order valence-electron chi connectivity index (χ0n) is 18.3. The van der Waals surface area contributed by atoms with Crippen molar-refractivity contribution in [3.8, 4) is 0 Å². The molecule has 13 heteroatoms. The molecule has 3 amide bonds. The van der Waals surface area contributed by atoms with Gasteiger partial charge in [0, 0.05) is 35.6 Å². The molecule has 0 aliphatic rings. The topological polar surface area (TPSA) is 161 Å². The van der Waals surface area contributed by atoms with Crippen LogP contribution in [-0.4, -0.2) is 44.0 Å². The number of hydrazine groups is 1. The zero-order valence-corrected chi connectivity index (χ0v) is 19.1. The van der Waals surface area contributed by atoms with Crippen LogP contribution in [0, 0.1) is 17.0 Å². The Hall–Kier alpha value is -4.26. The van der Waals surface area contributed by atoms with Crippen LogP contribution in [-0.2, 0) is 17.6 Å². The minimum atomic E-state index is -0.667. The maximum absolute atomic E-state index is 12.2. The molecule has 0 saturated heterocycles. The Morgan fingerprint density at radius 2 is 1.76 bits per heavy atom. The first-order chi connectivity index (χ1) is 16.2. The van der Waals surface area contributed by atoms with Crippen LogP contribution in [0.4, 0.5) is 5.69 Å². The fourth-order valence-corrected chi connectivity index (χ4v) is 3.60. The Kier molecular flexibility index (Phi) is 7.92. The summed E-state index contributed by atoms with van der Waals surface area (Å²) in [5.41, 5.74) is 6.06. The van der Waals surface area contributed by atoms with Gasteiger partial charge in [-0.2, -0.15) is 0 Å². The summed E-state index contributed by atoms with van der Waals surface area (Å²) in [7, 11) is 1.85. The van der Waals surface area contributed by atoms with Crippen LogP contribution in [0.25, 0.3) is 0 Å². The number of rotatable bonds is 8. The highest BCUT2D eigenvalue weighted by molar-refractivity contribution is 7.98. The molecule has 0 atom stereocenters. The fraction of sp³-hybridized carbons (Fsp3) is 0.190. The molecule has 1 aromatic heterocycles. The van der Waals surface area contributed by atoms with Gasteiger partial charge in [0.2, 0.25) is 0 Å². The van der Waals surface area contributed by atoms with Gasteiger partial charge in [-0.15, -0.1) is 10.2 Å². The van der Waals surface area contributed by atoms with Crippen molar-refractivity contribution in [2.75, 3.05) is 6.54 Å². The monoisotopic (exact) mass is 483 g/mol. The molecule has 3 N–H and O–H groups in total. The number of thioether (sulfide) groups is 1. The van der Waals surface area contributed by atoms with Gasteiger partial charge in [-0.25, -0.2) is 0 Å². The third kappa shape index (κ3) is 6.38. The summed E-state index contributed by atoms with van der Waals surface area (Å²) in [5, 5.41) is 21.9. The minimum Gasteiger partial charge on any atom is -0.343 e. The predicted molar refractivity (Wildman–Crippen MR) is 123 cm³/mol. The number of nitro benzene ring substituents is 1. The van der Waals surface area contributed by atoms with Crippen molar-refractivity contribution >= 4 is 35.2 Å². The molecule has 0 saturated carbocycles. The second kappa shape index (κ2) is 11.0. The third-order valence-corrected chi connectivity index (χ3v) is 5.75. The maximum atomic E-state index is 12.2. The molecule has 1 heterocycles. The van der Waals surface area contributed by atoms with Crippen molar-refractivity contribution < 1.29 is 19.3 Å². The number of nitrogens with one attached hydrogen (secondary N) is 3. The van der Waals surface area contributed by atoms with E-state index in [-0.39, 0.29) is 11.3 Å². The summed E-state index contributed by atoms with van der Waals surface area (Å²) >= 11 is 1.51. The van der Waals surface area contributed by atoms with Gasteiger partial charge >= 0.3 is 0 Å². The van der Waals surface area contributed by atoms with E-state index < -0.39 is 29.2 Å². The van der Waals surface area contributed by atoms with Crippen molar-refractivity contribution in [1.29, 1.82) is 0 Å². The second-order valence-corrected chi connectivity index (χ2v) is 8.10. The van der Waals surface area contributed by atoms with Gasteiger partial charge in [0.1, 0.15) is 6.33 Å². The van der Waals surface area contributed by atoms with E-state index in [1.165, 1.54) is 23.9 Å². The third-order valence-electron chi connectivity index (χ3n) is 4.65. The van der Waals surface area contributed by atoms with Crippen LogP contribution in [0.15, 0.2) is 53.9 Å². The second-order valence-electron chi connectivity index (χ2n) is 7.15. The number of nitrogens with zero attached hydrogens (tertiary/aromatic N) is 4. The lowest BCUT2D eigenvalue weighted by molar-refractivity contribution is -0.385. The van der Waals surface area contributed by atoms with Crippen molar-refractivity contribution in [2.45, 2.75) is 17.8 Å². The van der Waals surface area contributed by atoms with Gasteiger partial charge in [-0.1, -0.05) is 30.0 Å². The molecular weight excluding hydrogens is 462 g/mol. The molecule has 2 aromatic carbocycles. The summed E-state index contributed by atoms with van der Waals surface area (Å²) < 4.78 is 1.81. The van der Waals surface area contributed by atoms with Crippen LogP contribution in [0.5, 0.6) is 0 Å². The lowest BCUT2D eigenvalue weighted by Gasteiger charge is -2.09. The van der Waals surface area contributed by atoms with Gasteiger partial charge in [0.05, 0.1) is 11.5 Å². The number of carbonyl (C=O) groups is 3. The first kappa shape index (κ1) is 24.4. The number of hydrogen-bond donors (Lipinski definition) is 3. The van der Waals surface area contributed by atoms with Crippen LogP contribution in [0.3, 0.4) is 0 Å². The largest absolute Gasteiger partial charge is 0.343 e. The molecule has 0 aliphatic heterocycles. The van der Waals surface area contributed by atoms with Crippen LogP contribution in [0.1, 0.15) is 31.8 Å². The number of carbonyl (C=O) groups excluding carboxylic acids is 3. The SMILES string of the molecule is Cc1ccc(C(=O)NCC(=O)NNC(=O)c2ccc(CSc3nncn3C)cc2)cc1[N+](=O)[O-]. The van der Waals surface area contributed by atoms with Crippen molar-refractivity contribution in [1.82, 2.24) is 30.9 Å². The van der Waals surface area contributed by atoms with Gasteiger partial charge in [0.15, 0.2) is 5.16 Å². The molecule has 0 bridgehead atoms. The Bertz CT molecular complexity index is 1230. The number of nitro groups is 1. The standard InChI is InChI=1S/C21H21N7O5S/c1-13-3-6-16(9-17(13)28(32)33)19(30)22-10-18(29)24-25-20(31)15-7-4-14(5-8-15)11-34-21-26-23-12-27(21)2/h3-9,12H,10-11H2,1-2H3,(H,22,30)(H,24,29)(H,25,31). The van der Waals surface area contributed by atoms with Crippen LogP contribution < -0.4 is 16.2 Å². The lowest BCUT2D eigenvalue weighted by Crippen LogP contribution is -2.46. The van der Waals surface area contributed by atoms with E-state index in [1.807, 2.05) is 11.6 Å². The Balaban J connectivity index is 1.44. The molecule has 0 spiro atoms. The number of amides is 3. The minimum absolute atomic E-state index is 0.0477. The average molecular weight is 484 g/mol. The molecule has 3 aromatic rings. The zero-order chi connectivity index (χ0) is 24.7. The van der Waals surface area contributed by atoms with E-state index in [0.717, 1.165) is 16.8 Å². The summed E-state index contributed by atoms with van der Waals surface area (Å²) in [4.78, 5) is 46.8. The lowest BCUT2D eigenvalue weighted by atomic mass is 10.1. The summed E-state index contributed by atoms with van der Waals surface area (Å²) in [6, 6.07) is 10.8. The van der Waals surface area contributed by atoms with Crippen molar-refractivity contribution in [3.63, 3.8) is 0 Å². The fourth-order valence-electron chi connectivity index (χ4n) is 2.76. The molecule has 0 radical (unpaired) electrons. The van der Waals surface area contributed by atoms with E-state index in [0.29, 0.717) is 16.9 Å². The van der Waals surface area contributed by atoms with Crippen molar-refractivity contribution in [3.05, 3.63) is 81.2 Å². The predicted octanol–water partition coefficient (Wildman–Crippen LogP) is 1.52. The highest BCUT2D eigenvalue weighted by atomic mass is 32.2. The Labute approximate surface area is 198 Å². The van der Waals surface area contributed by atoms with E-state index in [4.69, 9.17) is 0 Å². The number of aryl methyl sites for hydroxylation is 2. The van der Waals surface area contributed by atoms with Gasteiger partial charge in [-0.3, -0.25) is 35.3 Å². The van der Waals surface area contributed by atoms with Crippen LogP contribution in [0.2, 0.25) is 0 Å². The molecule has 0 fully saturated rings. The van der Waals surface area contributed by atoms with Gasteiger partial charge < -0.3 is 9.88 Å². The molecule has 3 rings (SSSR count). The average Bonchev–Trinajstić information content (AvgIpc) is 3.24. The molecule has 0 aliphatic carbocycles. The van der Waals surface area contributed by atoms with Crippen LogP contribution >= 0.6 is 11.8 Å². The molecule has 176 valence electrons. The molecule has 0 unspecified atom stereocenters. The number of hydrogen-bond acceptors (Lipinski definition) is 8. The smallest absolute Gasteiger partial charge is 0.273 e. The normalized spacial score (nSPS) is 10.4. The summed E-state index contributed by atoms with van der Waals surface area (Å²) in [5.74, 6) is -1.20. The molecular formula is C21H21N7O5S. The van der Waals surface area contributed by atoms with Gasteiger partial charge in [0.25, 0.3) is 23.4 Å². The first-order valence-corrected chi connectivity index (χ1v) is 10.9. The van der Waals surface area contributed by atoms with E-state index in [1.54, 1.807) is 37.5 Å². The van der Waals surface area contributed by atoms with Gasteiger partial charge in [-0.05, 0) is 30.7 Å². The first-order valence-electron chi connectivity index (χ1n) is 9.92. The number of aromatic nitrogens is 3. The number of benzene rings is 2. The highest BCUT2D eigenvalue weighted by Gasteiger charge is 2.16. The molecule has 34 heavy (non-hydrogen) atoms. The quantitative estimate of drug-likeness (QED) is 0.247. The Morgan fingerprint density at radius 1 is 1.06 bits per heavy atom. The maximum Gasteiger partial charge on any atom is 0.273 e. The Morgan fingerprint density at radius 3 is 2.41 bits per heavy atom.